The van der Waals surface area contributed by atoms with E-state index in [9.17, 15) is 13.6 Å². The zero-order chi connectivity index (χ0) is 10.9. The predicted molar refractivity (Wildman–Crippen MR) is 45.6 cm³/mol. The average Bonchev–Trinajstić information content (AvgIpc) is 2.08. The molecule has 0 unspecified atom stereocenters. The number of hydrogen-bond acceptors (Lipinski definition) is 3. The SMILES string of the molecule is Nc1c(Cl)cnc(C(=O)O)c1C(F)F. The monoisotopic (exact) mass is 222 g/mol. The lowest BCUT2D eigenvalue weighted by molar-refractivity contribution is 0.0677. The van der Waals surface area contributed by atoms with Crippen LogP contribution >= 0.6 is 11.6 Å². The molecule has 0 atom stereocenters. The van der Waals surface area contributed by atoms with Crippen LogP contribution in [0, 0.1) is 0 Å². The number of carbonyl (C=O) groups is 1. The fourth-order valence-corrected chi connectivity index (χ4v) is 1.06. The van der Waals surface area contributed by atoms with Crippen molar-refractivity contribution in [2.45, 2.75) is 6.43 Å². The van der Waals surface area contributed by atoms with Crippen molar-refractivity contribution in [1.29, 1.82) is 0 Å². The van der Waals surface area contributed by atoms with Gasteiger partial charge in [-0.05, 0) is 0 Å². The maximum Gasteiger partial charge on any atom is 0.355 e. The largest absolute Gasteiger partial charge is 0.476 e. The van der Waals surface area contributed by atoms with Crippen LogP contribution in [-0.2, 0) is 0 Å². The Morgan fingerprint density at radius 2 is 2.21 bits per heavy atom. The van der Waals surface area contributed by atoms with E-state index >= 15 is 0 Å². The van der Waals surface area contributed by atoms with Crippen molar-refractivity contribution in [2.24, 2.45) is 0 Å². The summed E-state index contributed by atoms with van der Waals surface area (Å²) in [5.74, 6) is -1.57. The predicted octanol–water partition coefficient (Wildman–Crippen LogP) is 1.95. The Labute approximate surface area is 82.3 Å². The Morgan fingerprint density at radius 1 is 1.64 bits per heavy atom. The number of carboxylic acids is 1. The van der Waals surface area contributed by atoms with Gasteiger partial charge in [-0.3, -0.25) is 0 Å². The fraction of sp³-hybridized carbons (Fsp3) is 0.143. The molecule has 0 aromatic carbocycles. The summed E-state index contributed by atoms with van der Waals surface area (Å²) in [6.07, 6.45) is -2.10. The molecule has 0 saturated heterocycles. The van der Waals surface area contributed by atoms with Gasteiger partial charge in [-0.15, -0.1) is 0 Å². The number of aromatic carboxylic acids is 1. The minimum atomic E-state index is -3.02. The van der Waals surface area contributed by atoms with Crippen LogP contribution in [0.15, 0.2) is 6.20 Å². The number of nitrogens with two attached hydrogens (primary N) is 1. The van der Waals surface area contributed by atoms with Crippen LogP contribution in [0.25, 0.3) is 0 Å². The van der Waals surface area contributed by atoms with E-state index in [1.54, 1.807) is 0 Å². The summed E-state index contributed by atoms with van der Waals surface area (Å²) in [6.45, 7) is 0. The Balaban J connectivity index is 3.45. The van der Waals surface area contributed by atoms with Gasteiger partial charge < -0.3 is 10.8 Å². The topological polar surface area (TPSA) is 76.2 Å². The van der Waals surface area contributed by atoms with Gasteiger partial charge >= 0.3 is 5.97 Å². The van der Waals surface area contributed by atoms with Crippen LogP contribution in [0.4, 0.5) is 14.5 Å². The Morgan fingerprint density at radius 3 is 2.64 bits per heavy atom. The first kappa shape index (κ1) is 10.6. The van der Waals surface area contributed by atoms with Crippen LogP contribution in [0.1, 0.15) is 22.5 Å². The molecule has 1 rings (SSSR count). The number of hydrogen-bond donors (Lipinski definition) is 2. The number of pyridine rings is 1. The third-order valence-electron chi connectivity index (χ3n) is 1.53. The van der Waals surface area contributed by atoms with Crippen molar-refractivity contribution in [3.63, 3.8) is 0 Å². The van der Waals surface area contributed by atoms with Gasteiger partial charge in [0.15, 0.2) is 5.69 Å². The number of anilines is 1. The molecule has 0 aliphatic heterocycles. The van der Waals surface area contributed by atoms with E-state index in [0.29, 0.717) is 0 Å². The second-order valence-corrected chi connectivity index (χ2v) is 2.80. The minimum absolute atomic E-state index is 0.190. The number of aromatic nitrogens is 1. The van der Waals surface area contributed by atoms with Crippen molar-refractivity contribution < 1.29 is 18.7 Å². The molecule has 0 aliphatic carbocycles. The molecule has 3 N–H and O–H groups in total. The van der Waals surface area contributed by atoms with Crippen LogP contribution in [-0.4, -0.2) is 16.1 Å². The molecule has 0 radical (unpaired) electrons. The van der Waals surface area contributed by atoms with E-state index < -0.39 is 29.3 Å². The zero-order valence-electron chi connectivity index (χ0n) is 6.67. The molecule has 7 heteroatoms. The summed E-state index contributed by atoms with van der Waals surface area (Å²) in [6, 6.07) is 0. The molecule has 0 fully saturated rings. The van der Waals surface area contributed by atoms with E-state index in [1.165, 1.54) is 0 Å². The third-order valence-corrected chi connectivity index (χ3v) is 1.83. The van der Waals surface area contributed by atoms with E-state index in [0.717, 1.165) is 6.20 Å². The quantitative estimate of drug-likeness (QED) is 0.802. The molecule has 1 aromatic rings. The van der Waals surface area contributed by atoms with E-state index in [-0.39, 0.29) is 5.02 Å². The molecular formula is C7H5ClF2N2O2. The first-order valence-electron chi connectivity index (χ1n) is 3.40. The third kappa shape index (κ3) is 1.74. The molecule has 0 spiro atoms. The van der Waals surface area contributed by atoms with Crippen LogP contribution in [0.5, 0.6) is 0 Å². The number of nitrogens with zero attached hydrogens (tertiary/aromatic N) is 1. The maximum atomic E-state index is 12.4. The van der Waals surface area contributed by atoms with E-state index in [2.05, 4.69) is 4.98 Å². The van der Waals surface area contributed by atoms with Crippen molar-refractivity contribution in [3.8, 4) is 0 Å². The molecule has 0 bridgehead atoms. The van der Waals surface area contributed by atoms with Crippen molar-refractivity contribution >= 4 is 23.3 Å². The Kier molecular flexibility index (Phi) is 2.85. The van der Waals surface area contributed by atoms with E-state index in [1.807, 2.05) is 0 Å². The van der Waals surface area contributed by atoms with Crippen molar-refractivity contribution in [3.05, 3.63) is 22.5 Å². The molecule has 1 heterocycles. The molecule has 14 heavy (non-hydrogen) atoms. The van der Waals surface area contributed by atoms with Crippen molar-refractivity contribution in [1.82, 2.24) is 4.98 Å². The summed E-state index contributed by atoms with van der Waals surface area (Å²) in [5.41, 5.74) is 3.14. The smallest absolute Gasteiger partial charge is 0.355 e. The minimum Gasteiger partial charge on any atom is -0.476 e. The number of nitrogen functional groups attached to an aromatic ring is 1. The van der Waals surface area contributed by atoms with Gasteiger partial charge in [0.25, 0.3) is 6.43 Å². The molecule has 4 nitrogen and oxygen atoms in total. The highest BCUT2D eigenvalue weighted by Crippen LogP contribution is 2.32. The fourth-order valence-electron chi connectivity index (χ4n) is 0.908. The summed E-state index contributed by atoms with van der Waals surface area (Å²) in [7, 11) is 0. The lowest BCUT2D eigenvalue weighted by Gasteiger charge is -2.08. The number of halogens is 3. The van der Waals surface area contributed by atoms with Gasteiger partial charge in [-0.1, -0.05) is 11.6 Å². The Bertz CT molecular complexity index is 384. The zero-order valence-corrected chi connectivity index (χ0v) is 7.42. The standard InChI is InChI=1S/C7H5ClF2N2O2/c8-2-1-12-5(7(13)14)3(4(2)11)6(9)10/h1,6H,(H2,11,12)(H,13,14). The van der Waals surface area contributed by atoms with Gasteiger partial charge in [0.2, 0.25) is 0 Å². The normalized spacial score (nSPS) is 10.6. The van der Waals surface area contributed by atoms with Gasteiger partial charge in [-0.2, -0.15) is 0 Å². The summed E-state index contributed by atoms with van der Waals surface area (Å²) >= 11 is 5.42. The molecule has 76 valence electrons. The number of alkyl halides is 2. The highest BCUT2D eigenvalue weighted by atomic mass is 35.5. The van der Waals surface area contributed by atoms with Gasteiger partial charge in [0.05, 0.1) is 16.3 Å². The van der Waals surface area contributed by atoms with Gasteiger partial charge in [0, 0.05) is 6.20 Å². The molecule has 1 aromatic heterocycles. The highest BCUT2D eigenvalue weighted by molar-refractivity contribution is 6.33. The molecular weight excluding hydrogens is 218 g/mol. The first-order chi connectivity index (χ1) is 6.45. The summed E-state index contributed by atoms with van der Waals surface area (Å²) in [5, 5.41) is 8.35. The summed E-state index contributed by atoms with van der Waals surface area (Å²) in [4.78, 5) is 13.8. The molecule has 0 saturated carbocycles. The average molecular weight is 223 g/mol. The second kappa shape index (κ2) is 3.75. The summed E-state index contributed by atoms with van der Waals surface area (Å²) < 4.78 is 24.8. The van der Waals surface area contributed by atoms with Gasteiger partial charge in [-0.25, -0.2) is 18.6 Å². The van der Waals surface area contributed by atoms with Crippen LogP contribution in [0.2, 0.25) is 5.02 Å². The van der Waals surface area contributed by atoms with E-state index in [4.69, 9.17) is 22.4 Å². The Hall–Kier alpha value is -1.43. The second-order valence-electron chi connectivity index (χ2n) is 2.39. The first-order valence-corrected chi connectivity index (χ1v) is 3.78. The van der Waals surface area contributed by atoms with Crippen LogP contribution < -0.4 is 5.73 Å². The highest BCUT2D eigenvalue weighted by Gasteiger charge is 2.23. The van der Waals surface area contributed by atoms with Crippen LogP contribution in [0.3, 0.4) is 0 Å². The van der Waals surface area contributed by atoms with Crippen molar-refractivity contribution in [2.75, 3.05) is 5.73 Å². The lowest BCUT2D eigenvalue weighted by atomic mass is 10.1. The molecule has 0 amide bonds. The maximum absolute atomic E-state index is 12.4. The molecule has 0 aliphatic rings. The number of rotatable bonds is 2. The lowest BCUT2D eigenvalue weighted by Crippen LogP contribution is -2.09. The van der Waals surface area contributed by atoms with Gasteiger partial charge in [0.1, 0.15) is 0 Å². The number of carboxylic acid groups (broad SMARTS) is 1.